The lowest BCUT2D eigenvalue weighted by molar-refractivity contribution is 0.0653. The van der Waals surface area contributed by atoms with E-state index in [0.717, 1.165) is 17.9 Å². The molecule has 2 aromatic carbocycles. The molecule has 0 saturated heterocycles. The molecule has 2 atom stereocenters. The van der Waals surface area contributed by atoms with E-state index < -0.39 is 6.10 Å². The fraction of sp³-hybridized carbons (Fsp3) is 0.364. The van der Waals surface area contributed by atoms with Crippen molar-refractivity contribution in [3.8, 4) is 11.4 Å². The molecule has 148 valence electrons. The van der Waals surface area contributed by atoms with Gasteiger partial charge in [-0.1, -0.05) is 31.2 Å². The van der Waals surface area contributed by atoms with Crippen LogP contribution in [0.3, 0.4) is 0 Å². The zero-order chi connectivity index (χ0) is 19.9. The van der Waals surface area contributed by atoms with Crippen LogP contribution in [-0.2, 0) is 6.42 Å². The van der Waals surface area contributed by atoms with Crippen molar-refractivity contribution in [3.63, 3.8) is 0 Å². The summed E-state index contributed by atoms with van der Waals surface area (Å²) in [6.45, 7) is 5.04. The average molecular weight is 380 g/mol. The number of benzene rings is 2. The third kappa shape index (κ3) is 5.18. The number of aryl methyl sites for hydroxylation is 1. The van der Waals surface area contributed by atoms with Crippen molar-refractivity contribution < 1.29 is 9.84 Å². The highest BCUT2D eigenvalue weighted by molar-refractivity contribution is 5.34. The molecule has 0 bridgehead atoms. The lowest BCUT2D eigenvalue weighted by Crippen LogP contribution is -2.34. The third-order valence-corrected chi connectivity index (χ3v) is 4.97. The van der Waals surface area contributed by atoms with E-state index in [0.29, 0.717) is 6.54 Å². The quantitative estimate of drug-likeness (QED) is 0.617. The molecule has 0 fully saturated rings. The summed E-state index contributed by atoms with van der Waals surface area (Å²) in [7, 11) is 2.01. The van der Waals surface area contributed by atoms with Crippen molar-refractivity contribution in [3.05, 3.63) is 72.3 Å². The highest BCUT2D eigenvalue weighted by Gasteiger charge is 2.16. The summed E-state index contributed by atoms with van der Waals surface area (Å²) in [4.78, 5) is 6.10. The molecule has 0 aliphatic heterocycles. The Balaban J connectivity index is 1.52. The lowest BCUT2D eigenvalue weighted by Gasteiger charge is -2.27. The van der Waals surface area contributed by atoms with E-state index in [1.54, 1.807) is 11.0 Å². The molecular weight excluding hydrogens is 352 g/mol. The number of aliphatic hydroxyl groups is 1. The number of nitrogens with zero attached hydrogens (tertiary/aromatic N) is 4. The topological polar surface area (TPSA) is 63.4 Å². The first-order valence-electron chi connectivity index (χ1n) is 9.61. The van der Waals surface area contributed by atoms with E-state index in [1.165, 1.54) is 17.5 Å². The predicted molar refractivity (Wildman–Crippen MR) is 110 cm³/mol. The van der Waals surface area contributed by atoms with Crippen LogP contribution in [0.2, 0.25) is 0 Å². The number of rotatable bonds is 9. The number of likely N-dealkylation sites (N-methyl/N-ethyl adjacent to an activating group) is 1. The molecule has 2 unspecified atom stereocenters. The summed E-state index contributed by atoms with van der Waals surface area (Å²) in [6, 6.07) is 16.4. The smallest absolute Gasteiger partial charge is 0.138 e. The summed E-state index contributed by atoms with van der Waals surface area (Å²) in [5, 5.41) is 14.5. The van der Waals surface area contributed by atoms with E-state index in [-0.39, 0.29) is 12.6 Å². The second-order valence-electron chi connectivity index (χ2n) is 7.01. The van der Waals surface area contributed by atoms with Crippen LogP contribution in [0.25, 0.3) is 5.69 Å². The summed E-state index contributed by atoms with van der Waals surface area (Å²) in [6.07, 6.45) is 3.60. The minimum Gasteiger partial charge on any atom is -0.491 e. The van der Waals surface area contributed by atoms with Gasteiger partial charge in [0.05, 0.1) is 5.69 Å². The van der Waals surface area contributed by atoms with E-state index in [1.807, 2.05) is 37.4 Å². The Morgan fingerprint density at radius 2 is 1.96 bits per heavy atom. The van der Waals surface area contributed by atoms with E-state index in [9.17, 15) is 5.11 Å². The minimum absolute atomic E-state index is 0.169. The molecule has 0 amide bonds. The first kappa shape index (κ1) is 20.0. The van der Waals surface area contributed by atoms with Gasteiger partial charge in [-0.05, 0) is 55.8 Å². The Morgan fingerprint density at radius 1 is 1.18 bits per heavy atom. The van der Waals surface area contributed by atoms with Crippen molar-refractivity contribution in [2.24, 2.45) is 0 Å². The fourth-order valence-corrected chi connectivity index (χ4v) is 3.09. The second-order valence-corrected chi connectivity index (χ2v) is 7.01. The van der Waals surface area contributed by atoms with Crippen LogP contribution in [0.5, 0.6) is 5.75 Å². The summed E-state index contributed by atoms with van der Waals surface area (Å²) in [5.74, 6) is 0.804. The molecule has 3 aromatic rings. The SMILES string of the molecule is CCc1cccc(OCC(O)CN(C)C(C)c2ccc(-n3cncn3)cc2)c1. The van der Waals surface area contributed by atoms with Gasteiger partial charge in [0.15, 0.2) is 0 Å². The Kier molecular flexibility index (Phi) is 6.79. The van der Waals surface area contributed by atoms with Crippen molar-refractivity contribution in [1.29, 1.82) is 0 Å². The van der Waals surface area contributed by atoms with Gasteiger partial charge in [-0.3, -0.25) is 4.90 Å². The number of ether oxygens (including phenoxy) is 1. The maximum Gasteiger partial charge on any atom is 0.138 e. The molecular formula is C22H28N4O2. The first-order valence-corrected chi connectivity index (χ1v) is 9.61. The lowest BCUT2D eigenvalue weighted by atomic mass is 10.1. The van der Waals surface area contributed by atoms with Crippen LogP contribution in [0, 0.1) is 0 Å². The zero-order valence-corrected chi connectivity index (χ0v) is 16.7. The Morgan fingerprint density at radius 3 is 2.64 bits per heavy atom. The molecule has 28 heavy (non-hydrogen) atoms. The normalized spacial score (nSPS) is 13.5. The van der Waals surface area contributed by atoms with Crippen LogP contribution in [0.1, 0.15) is 31.0 Å². The third-order valence-electron chi connectivity index (χ3n) is 4.97. The van der Waals surface area contributed by atoms with Gasteiger partial charge in [0.2, 0.25) is 0 Å². The molecule has 0 radical (unpaired) electrons. The number of aromatic nitrogens is 3. The molecule has 0 saturated carbocycles. The Labute approximate surface area is 166 Å². The van der Waals surface area contributed by atoms with Crippen LogP contribution >= 0.6 is 0 Å². The van der Waals surface area contributed by atoms with E-state index in [2.05, 4.69) is 47.0 Å². The Bertz CT molecular complexity index is 849. The highest BCUT2D eigenvalue weighted by Crippen LogP contribution is 2.21. The molecule has 6 heteroatoms. The van der Waals surface area contributed by atoms with Gasteiger partial charge in [0.25, 0.3) is 0 Å². The standard InChI is InChI=1S/C22H28N4O2/c1-4-18-6-5-7-22(12-18)28-14-21(27)13-25(3)17(2)19-8-10-20(11-9-19)26-16-23-15-24-26/h5-12,15-17,21,27H,4,13-14H2,1-3H3. The van der Waals surface area contributed by atoms with Gasteiger partial charge in [0.1, 0.15) is 31.1 Å². The van der Waals surface area contributed by atoms with Crippen LogP contribution in [0.4, 0.5) is 0 Å². The largest absolute Gasteiger partial charge is 0.491 e. The number of hydrogen-bond donors (Lipinski definition) is 1. The highest BCUT2D eigenvalue weighted by atomic mass is 16.5. The van der Waals surface area contributed by atoms with Gasteiger partial charge >= 0.3 is 0 Å². The molecule has 0 spiro atoms. The monoisotopic (exact) mass is 380 g/mol. The average Bonchev–Trinajstić information content (AvgIpc) is 3.27. The molecule has 1 heterocycles. The van der Waals surface area contributed by atoms with Crippen LogP contribution < -0.4 is 4.74 Å². The van der Waals surface area contributed by atoms with Crippen molar-refractivity contribution in [1.82, 2.24) is 19.7 Å². The van der Waals surface area contributed by atoms with Gasteiger partial charge in [-0.15, -0.1) is 0 Å². The molecule has 6 nitrogen and oxygen atoms in total. The molecule has 1 aromatic heterocycles. The Hall–Kier alpha value is -2.70. The number of hydrogen-bond acceptors (Lipinski definition) is 5. The molecule has 0 aliphatic rings. The minimum atomic E-state index is -0.563. The van der Waals surface area contributed by atoms with Gasteiger partial charge in [-0.25, -0.2) is 9.67 Å². The maximum atomic E-state index is 10.4. The van der Waals surface area contributed by atoms with Crippen LogP contribution in [0.15, 0.2) is 61.2 Å². The van der Waals surface area contributed by atoms with Crippen molar-refractivity contribution in [2.75, 3.05) is 20.2 Å². The molecule has 3 rings (SSSR count). The molecule has 0 aliphatic carbocycles. The maximum absolute atomic E-state index is 10.4. The fourth-order valence-electron chi connectivity index (χ4n) is 3.09. The van der Waals surface area contributed by atoms with Crippen molar-refractivity contribution >= 4 is 0 Å². The second kappa shape index (κ2) is 9.48. The molecule has 1 N–H and O–H groups in total. The summed E-state index contributed by atoms with van der Waals surface area (Å²) < 4.78 is 7.49. The van der Waals surface area contributed by atoms with Gasteiger partial charge in [-0.2, -0.15) is 5.10 Å². The summed E-state index contributed by atoms with van der Waals surface area (Å²) >= 11 is 0. The first-order chi connectivity index (χ1) is 13.6. The zero-order valence-electron chi connectivity index (χ0n) is 16.7. The predicted octanol–water partition coefficient (Wildman–Crippen LogP) is 3.26. The van der Waals surface area contributed by atoms with Crippen molar-refractivity contribution in [2.45, 2.75) is 32.4 Å². The van der Waals surface area contributed by atoms with E-state index >= 15 is 0 Å². The van der Waals surface area contributed by atoms with E-state index in [4.69, 9.17) is 4.74 Å². The summed E-state index contributed by atoms with van der Waals surface area (Å²) in [5.41, 5.74) is 3.38. The van der Waals surface area contributed by atoms with Gasteiger partial charge in [0, 0.05) is 12.6 Å². The van der Waals surface area contributed by atoms with Gasteiger partial charge < -0.3 is 9.84 Å². The van der Waals surface area contributed by atoms with Crippen LogP contribution in [-0.4, -0.2) is 51.1 Å². The number of aliphatic hydroxyl groups excluding tert-OH is 1.